The highest BCUT2D eigenvalue weighted by atomic mass is 35.5. The van der Waals surface area contributed by atoms with Gasteiger partial charge in [-0.3, -0.25) is 0 Å². The van der Waals surface area contributed by atoms with Crippen molar-refractivity contribution in [3.05, 3.63) is 29.8 Å². The van der Waals surface area contributed by atoms with E-state index >= 15 is 0 Å². The van der Waals surface area contributed by atoms with Crippen molar-refractivity contribution in [3.63, 3.8) is 0 Å². The number of hydrogen-bond acceptors (Lipinski definition) is 2. The Morgan fingerprint density at radius 1 is 1.40 bits per heavy atom. The van der Waals surface area contributed by atoms with Crippen molar-refractivity contribution in [2.75, 3.05) is 5.73 Å². The maximum absolute atomic E-state index is 5.60. The van der Waals surface area contributed by atoms with E-state index in [9.17, 15) is 0 Å². The van der Waals surface area contributed by atoms with Gasteiger partial charge in [0.15, 0.2) is 0 Å². The molecular weight excluding hydrogens is 148 g/mol. The minimum atomic E-state index is -0.455. The SMILES string of the molecule is Nc1cccc(C(N)Cl)c1. The fourth-order valence-corrected chi connectivity index (χ4v) is 0.866. The van der Waals surface area contributed by atoms with Crippen molar-refractivity contribution in [3.8, 4) is 0 Å². The first-order chi connectivity index (χ1) is 4.70. The minimum Gasteiger partial charge on any atom is -0.399 e. The average molecular weight is 157 g/mol. The zero-order valence-corrected chi connectivity index (χ0v) is 6.18. The number of alkyl halides is 1. The second-order valence-electron chi connectivity index (χ2n) is 2.07. The number of anilines is 1. The summed E-state index contributed by atoms with van der Waals surface area (Å²) >= 11 is 5.60. The lowest BCUT2D eigenvalue weighted by Gasteiger charge is -2.02. The zero-order chi connectivity index (χ0) is 7.56. The van der Waals surface area contributed by atoms with Gasteiger partial charge in [-0.15, -0.1) is 11.6 Å². The molecular formula is C7H9ClN2. The van der Waals surface area contributed by atoms with Crippen LogP contribution in [-0.4, -0.2) is 0 Å². The number of rotatable bonds is 1. The van der Waals surface area contributed by atoms with Gasteiger partial charge in [0, 0.05) is 5.69 Å². The first-order valence-electron chi connectivity index (χ1n) is 2.95. The van der Waals surface area contributed by atoms with Crippen molar-refractivity contribution in [2.24, 2.45) is 5.73 Å². The lowest BCUT2D eigenvalue weighted by Crippen LogP contribution is -2.02. The van der Waals surface area contributed by atoms with Gasteiger partial charge in [-0.2, -0.15) is 0 Å². The molecule has 0 saturated carbocycles. The molecule has 0 spiro atoms. The van der Waals surface area contributed by atoms with E-state index in [2.05, 4.69) is 0 Å². The Bertz CT molecular complexity index is 223. The van der Waals surface area contributed by atoms with E-state index in [-0.39, 0.29) is 0 Å². The molecule has 10 heavy (non-hydrogen) atoms. The molecule has 0 aromatic heterocycles. The van der Waals surface area contributed by atoms with Crippen LogP contribution in [0.4, 0.5) is 5.69 Å². The van der Waals surface area contributed by atoms with Crippen LogP contribution in [0.15, 0.2) is 24.3 Å². The Labute approximate surface area is 64.8 Å². The Hall–Kier alpha value is -0.730. The van der Waals surface area contributed by atoms with Gasteiger partial charge in [-0.1, -0.05) is 12.1 Å². The highest BCUT2D eigenvalue weighted by Gasteiger charge is 1.98. The third-order valence-electron chi connectivity index (χ3n) is 1.23. The summed E-state index contributed by atoms with van der Waals surface area (Å²) in [6.07, 6.45) is 0. The highest BCUT2D eigenvalue weighted by Crippen LogP contribution is 2.15. The second-order valence-corrected chi connectivity index (χ2v) is 2.54. The van der Waals surface area contributed by atoms with Crippen molar-refractivity contribution in [1.82, 2.24) is 0 Å². The summed E-state index contributed by atoms with van der Waals surface area (Å²) in [5.41, 5.74) is 12.0. The molecule has 1 aromatic carbocycles. The first-order valence-corrected chi connectivity index (χ1v) is 3.39. The van der Waals surface area contributed by atoms with Crippen LogP contribution in [0.5, 0.6) is 0 Å². The lowest BCUT2D eigenvalue weighted by atomic mass is 10.2. The van der Waals surface area contributed by atoms with Crippen LogP contribution in [0.3, 0.4) is 0 Å². The smallest absolute Gasteiger partial charge is 0.106 e. The van der Waals surface area contributed by atoms with Gasteiger partial charge in [0.25, 0.3) is 0 Å². The minimum absolute atomic E-state index is 0.455. The van der Waals surface area contributed by atoms with E-state index in [1.807, 2.05) is 12.1 Å². The number of benzene rings is 1. The quantitative estimate of drug-likeness (QED) is 0.368. The molecule has 0 radical (unpaired) electrons. The average Bonchev–Trinajstić information content (AvgIpc) is 1.88. The number of hydrogen-bond donors (Lipinski definition) is 2. The molecule has 4 N–H and O–H groups in total. The Morgan fingerprint density at radius 2 is 2.10 bits per heavy atom. The van der Waals surface area contributed by atoms with Crippen molar-refractivity contribution >= 4 is 17.3 Å². The third kappa shape index (κ3) is 1.62. The van der Waals surface area contributed by atoms with Crippen LogP contribution in [0.2, 0.25) is 0 Å². The summed E-state index contributed by atoms with van der Waals surface area (Å²) in [6, 6.07) is 7.22. The van der Waals surface area contributed by atoms with Gasteiger partial charge in [0.1, 0.15) is 5.50 Å². The summed E-state index contributed by atoms with van der Waals surface area (Å²) in [4.78, 5) is 0. The Balaban J connectivity index is 2.96. The molecule has 54 valence electrons. The molecule has 0 aliphatic heterocycles. The summed E-state index contributed by atoms with van der Waals surface area (Å²) < 4.78 is 0. The fraction of sp³-hybridized carbons (Fsp3) is 0.143. The monoisotopic (exact) mass is 156 g/mol. The normalized spacial score (nSPS) is 13.0. The maximum atomic E-state index is 5.60. The summed E-state index contributed by atoms with van der Waals surface area (Å²) in [5, 5.41) is 0. The molecule has 1 aromatic rings. The summed E-state index contributed by atoms with van der Waals surface area (Å²) in [7, 11) is 0. The van der Waals surface area contributed by atoms with Crippen LogP contribution >= 0.6 is 11.6 Å². The molecule has 0 fully saturated rings. The number of nitrogen functional groups attached to an aromatic ring is 1. The molecule has 2 nitrogen and oxygen atoms in total. The first kappa shape index (κ1) is 7.38. The molecule has 0 aliphatic rings. The molecule has 3 heteroatoms. The largest absolute Gasteiger partial charge is 0.399 e. The van der Waals surface area contributed by atoms with Gasteiger partial charge < -0.3 is 11.5 Å². The van der Waals surface area contributed by atoms with Crippen molar-refractivity contribution < 1.29 is 0 Å². The van der Waals surface area contributed by atoms with Crippen LogP contribution in [0.1, 0.15) is 11.1 Å². The van der Waals surface area contributed by atoms with Gasteiger partial charge in [-0.25, -0.2) is 0 Å². The number of nitrogens with two attached hydrogens (primary N) is 2. The van der Waals surface area contributed by atoms with Crippen molar-refractivity contribution in [1.29, 1.82) is 0 Å². The van der Waals surface area contributed by atoms with Gasteiger partial charge >= 0.3 is 0 Å². The summed E-state index contributed by atoms with van der Waals surface area (Å²) in [6.45, 7) is 0. The number of halogens is 1. The van der Waals surface area contributed by atoms with E-state index in [4.69, 9.17) is 23.1 Å². The van der Waals surface area contributed by atoms with Gasteiger partial charge in [0.2, 0.25) is 0 Å². The third-order valence-corrected chi connectivity index (χ3v) is 1.48. The van der Waals surface area contributed by atoms with E-state index in [1.165, 1.54) is 0 Å². The van der Waals surface area contributed by atoms with E-state index in [1.54, 1.807) is 12.1 Å². The Morgan fingerprint density at radius 3 is 2.50 bits per heavy atom. The fourth-order valence-electron chi connectivity index (χ4n) is 0.731. The molecule has 1 unspecified atom stereocenters. The molecule has 0 amide bonds. The Kier molecular flexibility index (Phi) is 2.14. The maximum Gasteiger partial charge on any atom is 0.106 e. The van der Waals surface area contributed by atoms with Gasteiger partial charge in [-0.05, 0) is 17.7 Å². The highest BCUT2D eigenvalue weighted by molar-refractivity contribution is 6.20. The second kappa shape index (κ2) is 2.90. The van der Waals surface area contributed by atoms with E-state index in [0.29, 0.717) is 5.69 Å². The van der Waals surface area contributed by atoms with Gasteiger partial charge in [0.05, 0.1) is 0 Å². The van der Waals surface area contributed by atoms with Crippen molar-refractivity contribution in [2.45, 2.75) is 5.50 Å². The molecule has 0 heterocycles. The molecule has 1 atom stereocenters. The zero-order valence-electron chi connectivity index (χ0n) is 5.42. The standard InChI is InChI=1S/C7H9ClN2/c8-7(10)5-2-1-3-6(9)4-5/h1-4,7H,9-10H2. The molecule has 1 rings (SSSR count). The molecule has 0 saturated heterocycles. The molecule has 0 aliphatic carbocycles. The van der Waals surface area contributed by atoms with E-state index in [0.717, 1.165) is 5.56 Å². The predicted octanol–water partition coefficient (Wildman–Crippen LogP) is 1.46. The van der Waals surface area contributed by atoms with Crippen LogP contribution in [-0.2, 0) is 0 Å². The van der Waals surface area contributed by atoms with Crippen LogP contribution in [0, 0.1) is 0 Å². The topological polar surface area (TPSA) is 52.0 Å². The summed E-state index contributed by atoms with van der Waals surface area (Å²) in [5.74, 6) is 0. The lowest BCUT2D eigenvalue weighted by molar-refractivity contribution is 1.02. The van der Waals surface area contributed by atoms with Crippen LogP contribution < -0.4 is 11.5 Å². The van der Waals surface area contributed by atoms with Crippen LogP contribution in [0.25, 0.3) is 0 Å². The molecule has 0 bridgehead atoms. The predicted molar refractivity (Wildman–Crippen MR) is 43.6 cm³/mol. The van der Waals surface area contributed by atoms with E-state index < -0.39 is 5.50 Å².